The van der Waals surface area contributed by atoms with Gasteiger partial charge in [0.15, 0.2) is 0 Å². The van der Waals surface area contributed by atoms with Crippen LogP contribution in [0.3, 0.4) is 0 Å². The molecular weight excluding hydrogens is 141 g/mol. The minimum absolute atomic E-state index is 0.213. The minimum atomic E-state index is -0.743. The molecule has 1 saturated carbocycles. The van der Waals surface area contributed by atoms with E-state index in [1.807, 2.05) is 0 Å². The van der Waals surface area contributed by atoms with Gasteiger partial charge < -0.3 is 5.73 Å². The van der Waals surface area contributed by atoms with Gasteiger partial charge in [0, 0.05) is 6.54 Å². The van der Waals surface area contributed by atoms with E-state index in [2.05, 4.69) is 0 Å². The Morgan fingerprint density at radius 2 is 1.73 bits per heavy atom. The summed E-state index contributed by atoms with van der Waals surface area (Å²) in [6, 6.07) is 0. The Labute approximate surface area is 68.2 Å². The van der Waals surface area contributed by atoms with Crippen LogP contribution in [0.1, 0.15) is 38.5 Å². The van der Waals surface area contributed by atoms with E-state index in [-0.39, 0.29) is 12.5 Å². The van der Waals surface area contributed by atoms with E-state index < -0.39 is 6.17 Å². The van der Waals surface area contributed by atoms with E-state index in [4.69, 9.17) is 5.73 Å². The molecule has 0 spiro atoms. The lowest BCUT2D eigenvalue weighted by molar-refractivity contribution is 0.215. The molecule has 1 unspecified atom stereocenters. The molecule has 66 valence electrons. The van der Waals surface area contributed by atoms with Crippen LogP contribution in [0.25, 0.3) is 0 Å². The molecule has 0 amide bonds. The molecular formula is C9H18FN. The summed E-state index contributed by atoms with van der Waals surface area (Å²) in [6.07, 6.45) is 6.34. The Kier molecular flexibility index (Phi) is 3.84. The number of rotatable bonds is 2. The lowest BCUT2D eigenvalue weighted by Crippen LogP contribution is -2.24. The van der Waals surface area contributed by atoms with Crippen LogP contribution in [0.2, 0.25) is 0 Å². The van der Waals surface area contributed by atoms with Crippen molar-refractivity contribution < 1.29 is 4.39 Å². The molecule has 0 heterocycles. The minimum Gasteiger partial charge on any atom is -0.328 e. The summed E-state index contributed by atoms with van der Waals surface area (Å²) < 4.78 is 13.1. The third-order valence-corrected chi connectivity index (χ3v) is 2.64. The summed E-state index contributed by atoms with van der Waals surface area (Å²) in [4.78, 5) is 0. The average Bonchev–Trinajstić information content (AvgIpc) is 2.30. The van der Waals surface area contributed by atoms with Crippen LogP contribution in [-0.4, -0.2) is 12.7 Å². The fraction of sp³-hybridized carbons (Fsp3) is 1.00. The van der Waals surface area contributed by atoms with Crippen molar-refractivity contribution in [3.8, 4) is 0 Å². The molecule has 11 heavy (non-hydrogen) atoms. The van der Waals surface area contributed by atoms with Gasteiger partial charge in [-0.25, -0.2) is 4.39 Å². The molecule has 1 aliphatic rings. The van der Waals surface area contributed by atoms with Crippen LogP contribution < -0.4 is 5.73 Å². The highest BCUT2D eigenvalue weighted by atomic mass is 19.1. The molecule has 0 aromatic rings. The van der Waals surface area contributed by atoms with Crippen molar-refractivity contribution in [3.05, 3.63) is 0 Å². The van der Waals surface area contributed by atoms with E-state index in [0.29, 0.717) is 0 Å². The second-order valence-electron chi connectivity index (χ2n) is 3.50. The number of alkyl halides is 1. The second kappa shape index (κ2) is 4.70. The summed E-state index contributed by atoms with van der Waals surface area (Å²) in [5.41, 5.74) is 5.28. The molecule has 1 rings (SSSR count). The van der Waals surface area contributed by atoms with Gasteiger partial charge in [-0.2, -0.15) is 0 Å². The summed E-state index contributed by atoms with van der Waals surface area (Å²) >= 11 is 0. The van der Waals surface area contributed by atoms with Crippen LogP contribution in [0, 0.1) is 5.92 Å². The average molecular weight is 159 g/mol. The number of hydrogen-bond donors (Lipinski definition) is 1. The normalized spacial score (nSPS) is 24.5. The van der Waals surface area contributed by atoms with E-state index >= 15 is 0 Å². The third kappa shape index (κ3) is 2.78. The largest absolute Gasteiger partial charge is 0.328 e. The van der Waals surface area contributed by atoms with Crippen LogP contribution in [-0.2, 0) is 0 Å². The van der Waals surface area contributed by atoms with Crippen molar-refractivity contribution in [1.29, 1.82) is 0 Å². The van der Waals surface area contributed by atoms with Crippen LogP contribution in [0.15, 0.2) is 0 Å². The number of nitrogens with two attached hydrogens (primary N) is 1. The Balaban J connectivity index is 2.30. The Morgan fingerprint density at radius 3 is 2.18 bits per heavy atom. The first-order chi connectivity index (χ1) is 5.34. The first-order valence-corrected chi connectivity index (χ1v) is 4.68. The van der Waals surface area contributed by atoms with E-state index in [1.165, 1.54) is 25.7 Å². The smallest absolute Gasteiger partial charge is 0.115 e. The van der Waals surface area contributed by atoms with Gasteiger partial charge in [0.05, 0.1) is 0 Å². The summed E-state index contributed by atoms with van der Waals surface area (Å²) in [6.45, 7) is 0.213. The van der Waals surface area contributed by atoms with Gasteiger partial charge in [-0.3, -0.25) is 0 Å². The first-order valence-electron chi connectivity index (χ1n) is 4.68. The first kappa shape index (κ1) is 8.98. The lowest BCUT2D eigenvalue weighted by atomic mass is 9.95. The number of halogens is 1. The second-order valence-corrected chi connectivity index (χ2v) is 3.50. The zero-order valence-electron chi connectivity index (χ0n) is 7.06. The molecule has 0 aromatic heterocycles. The van der Waals surface area contributed by atoms with Gasteiger partial charge in [0.1, 0.15) is 6.17 Å². The van der Waals surface area contributed by atoms with Crippen molar-refractivity contribution in [2.45, 2.75) is 44.7 Å². The maximum atomic E-state index is 13.1. The molecule has 1 atom stereocenters. The van der Waals surface area contributed by atoms with Crippen LogP contribution in [0.4, 0.5) is 4.39 Å². The van der Waals surface area contributed by atoms with Crippen molar-refractivity contribution >= 4 is 0 Å². The molecule has 2 N–H and O–H groups in total. The van der Waals surface area contributed by atoms with Gasteiger partial charge in [0.2, 0.25) is 0 Å². The van der Waals surface area contributed by atoms with Crippen molar-refractivity contribution in [2.75, 3.05) is 6.54 Å². The Bertz CT molecular complexity index is 97.7. The zero-order valence-corrected chi connectivity index (χ0v) is 7.06. The molecule has 0 bridgehead atoms. The highest BCUT2D eigenvalue weighted by Crippen LogP contribution is 2.26. The highest BCUT2D eigenvalue weighted by molar-refractivity contribution is 4.72. The molecule has 0 radical (unpaired) electrons. The third-order valence-electron chi connectivity index (χ3n) is 2.64. The van der Waals surface area contributed by atoms with Crippen molar-refractivity contribution in [1.82, 2.24) is 0 Å². The molecule has 0 aromatic carbocycles. The van der Waals surface area contributed by atoms with Crippen molar-refractivity contribution in [2.24, 2.45) is 11.7 Å². The number of hydrogen-bond acceptors (Lipinski definition) is 1. The van der Waals surface area contributed by atoms with Gasteiger partial charge in [0.25, 0.3) is 0 Å². The van der Waals surface area contributed by atoms with Gasteiger partial charge in [-0.05, 0) is 18.8 Å². The monoisotopic (exact) mass is 159 g/mol. The molecule has 0 saturated heterocycles. The molecule has 2 heteroatoms. The SMILES string of the molecule is NCC(F)C1CCCCCC1. The predicted molar refractivity (Wildman–Crippen MR) is 45.1 cm³/mol. The molecule has 1 nitrogen and oxygen atoms in total. The summed E-state index contributed by atoms with van der Waals surface area (Å²) in [5.74, 6) is 0.266. The quantitative estimate of drug-likeness (QED) is 0.614. The van der Waals surface area contributed by atoms with Crippen LogP contribution in [0.5, 0.6) is 0 Å². The van der Waals surface area contributed by atoms with Crippen molar-refractivity contribution in [3.63, 3.8) is 0 Å². The maximum Gasteiger partial charge on any atom is 0.115 e. The van der Waals surface area contributed by atoms with Gasteiger partial charge in [-0.1, -0.05) is 25.7 Å². The van der Waals surface area contributed by atoms with Gasteiger partial charge in [-0.15, -0.1) is 0 Å². The highest BCUT2D eigenvalue weighted by Gasteiger charge is 2.20. The molecule has 1 aliphatic carbocycles. The Morgan fingerprint density at radius 1 is 1.18 bits per heavy atom. The standard InChI is InChI=1S/C9H18FN/c10-9(7-11)8-5-3-1-2-4-6-8/h8-9H,1-7,11H2. The fourth-order valence-electron chi connectivity index (χ4n) is 1.87. The predicted octanol–water partition coefficient (Wildman–Crippen LogP) is 2.25. The lowest BCUT2D eigenvalue weighted by Gasteiger charge is -2.16. The summed E-state index contributed by atoms with van der Waals surface area (Å²) in [5, 5.41) is 0. The van der Waals surface area contributed by atoms with Gasteiger partial charge >= 0.3 is 0 Å². The Hall–Kier alpha value is -0.110. The van der Waals surface area contributed by atoms with E-state index in [1.54, 1.807) is 0 Å². The zero-order chi connectivity index (χ0) is 8.10. The topological polar surface area (TPSA) is 26.0 Å². The molecule has 1 fully saturated rings. The fourth-order valence-corrected chi connectivity index (χ4v) is 1.87. The van der Waals surface area contributed by atoms with Crippen LogP contribution >= 0.6 is 0 Å². The van der Waals surface area contributed by atoms with E-state index in [0.717, 1.165) is 12.8 Å². The van der Waals surface area contributed by atoms with E-state index in [9.17, 15) is 4.39 Å². The maximum absolute atomic E-state index is 13.1. The molecule has 0 aliphatic heterocycles. The summed E-state index contributed by atoms with van der Waals surface area (Å²) in [7, 11) is 0.